The van der Waals surface area contributed by atoms with Gasteiger partial charge in [-0.3, -0.25) is 9.79 Å². The first-order valence-electron chi connectivity index (χ1n) is 6.48. The van der Waals surface area contributed by atoms with Crippen molar-refractivity contribution in [3.8, 4) is 0 Å². The maximum Gasteiger partial charge on any atom is 0.272 e. The molecule has 1 aliphatic rings. The van der Waals surface area contributed by atoms with E-state index in [0.717, 1.165) is 4.31 Å². The lowest BCUT2D eigenvalue weighted by molar-refractivity contribution is -0.122. The summed E-state index contributed by atoms with van der Waals surface area (Å²) in [5, 5.41) is -0.192. The summed E-state index contributed by atoms with van der Waals surface area (Å²) in [6, 6.07) is 7.91. The summed E-state index contributed by atoms with van der Waals surface area (Å²) in [5.41, 5.74) is 0. The van der Waals surface area contributed by atoms with Crippen LogP contribution < -0.4 is 0 Å². The van der Waals surface area contributed by atoms with E-state index in [1.165, 1.54) is 23.9 Å². The number of aliphatic imine (C=N–C) groups is 1. The second-order valence-electron chi connectivity index (χ2n) is 4.35. The van der Waals surface area contributed by atoms with Gasteiger partial charge in [0.15, 0.2) is 5.17 Å². The summed E-state index contributed by atoms with van der Waals surface area (Å²) in [6.07, 6.45) is 2.11. The van der Waals surface area contributed by atoms with E-state index in [1.807, 2.05) is 6.92 Å². The van der Waals surface area contributed by atoms with Crippen LogP contribution >= 0.6 is 11.8 Å². The third-order valence-electron chi connectivity index (χ3n) is 2.90. The van der Waals surface area contributed by atoms with E-state index in [1.54, 1.807) is 24.3 Å². The predicted octanol–water partition coefficient (Wildman–Crippen LogP) is 2.27. The van der Waals surface area contributed by atoms with Gasteiger partial charge >= 0.3 is 0 Å². The molecule has 112 valence electrons. The minimum atomic E-state index is -3.91. The van der Waals surface area contributed by atoms with E-state index in [0.29, 0.717) is 6.42 Å². The Kier molecular flexibility index (Phi) is 4.84. The second kappa shape index (κ2) is 6.44. The number of amides is 1. The lowest BCUT2D eigenvalue weighted by Gasteiger charge is -2.16. The molecule has 0 aliphatic carbocycles. The zero-order chi connectivity index (χ0) is 15.5. The van der Waals surface area contributed by atoms with Gasteiger partial charge in [-0.15, -0.1) is 6.58 Å². The highest BCUT2D eigenvalue weighted by Crippen LogP contribution is 2.33. The molecule has 1 heterocycles. The van der Waals surface area contributed by atoms with Crippen LogP contribution in [0.15, 0.2) is 52.9 Å². The second-order valence-corrected chi connectivity index (χ2v) is 7.30. The molecular weight excluding hydrogens is 308 g/mol. The van der Waals surface area contributed by atoms with Crippen molar-refractivity contribution < 1.29 is 13.2 Å². The van der Waals surface area contributed by atoms with Crippen molar-refractivity contribution >= 4 is 32.9 Å². The largest absolute Gasteiger partial charge is 0.272 e. The van der Waals surface area contributed by atoms with Crippen LogP contribution in [0.5, 0.6) is 0 Å². The molecule has 7 heteroatoms. The number of amidine groups is 1. The predicted molar refractivity (Wildman–Crippen MR) is 84.6 cm³/mol. The number of hydrogen-bond acceptors (Lipinski definition) is 5. The summed E-state index contributed by atoms with van der Waals surface area (Å²) < 4.78 is 26.2. The van der Waals surface area contributed by atoms with Crippen LogP contribution in [-0.4, -0.2) is 35.6 Å². The summed E-state index contributed by atoms with van der Waals surface area (Å²) in [6.45, 7) is 5.67. The van der Waals surface area contributed by atoms with Crippen LogP contribution in [0.2, 0.25) is 0 Å². The first-order chi connectivity index (χ1) is 10.0. The molecule has 1 fully saturated rings. The molecule has 1 aromatic rings. The molecule has 1 amide bonds. The zero-order valence-corrected chi connectivity index (χ0v) is 13.2. The molecule has 1 aromatic carbocycles. The fourth-order valence-electron chi connectivity index (χ4n) is 1.87. The minimum Gasteiger partial charge on any atom is -0.272 e. The molecule has 0 saturated carbocycles. The number of rotatable bonds is 5. The minimum absolute atomic E-state index is 0.0852. The molecule has 0 unspecified atom stereocenters. The molecular formula is C14H16N2O3S2. The lowest BCUT2D eigenvalue weighted by atomic mass is 10.3. The molecule has 0 N–H and O–H groups in total. The average molecular weight is 324 g/mol. The SMILES string of the molecule is C=CCN=C1S[C@H](CC)C(=O)N1S(=O)(=O)c1ccccc1. The van der Waals surface area contributed by atoms with E-state index in [2.05, 4.69) is 11.6 Å². The third-order valence-corrected chi connectivity index (χ3v) is 6.06. The van der Waals surface area contributed by atoms with Gasteiger partial charge in [0.2, 0.25) is 0 Å². The van der Waals surface area contributed by atoms with Gasteiger partial charge in [-0.25, -0.2) is 8.42 Å². The zero-order valence-electron chi connectivity index (χ0n) is 11.6. The fraction of sp³-hybridized carbons (Fsp3) is 0.286. The van der Waals surface area contributed by atoms with Gasteiger partial charge in [-0.1, -0.05) is 43.0 Å². The quantitative estimate of drug-likeness (QED) is 0.779. The molecule has 21 heavy (non-hydrogen) atoms. The third kappa shape index (κ3) is 3.03. The lowest BCUT2D eigenvalue weighted by Crippen LogP contribution is -2.37. The summed E-state index contributed by atoms with van der Waals surface area (Å²) in [7, 11) is -3.91. The summed E-state index contributed by atoms with van der Waals surface area (Å²) >= 11 is 1.19. The molecule has 0 aromatic heterocycles. The Morgan fingerprint density at radius 1 is 1.38 bits per heavy atom. The Morgan fingerprint density at radius 3 is 2.62 bits per heavy atom. The van der Waals surface area contributed by atoms with Crippen molar-refractivity contribution in [1.29, 1.82) is 0 Å². The van der Waals surface area contributed by atoms with Crippen molar-refractivity contribution in [2.24, 2.45) is 4.99 Å². The van der Waals surface area contributed by atoms with Crippen LogP contribution in [-0.2, 0) is 14.8 Å². The molecule has 1 aliphatic heterocycles. The summed E-state index contributed by atoms with van der Waals surface area (Å²) in [5.74, 6) is -0.436. The molecule has 0 spiro atoms. The van der Waals surface area contributed by atoms with Gasteiger partial charge in [0.1, 0.15) is 0 Å². The van der Waals surface area contributed by atoms with E-state index < -0.39 is 21.2 Å². The molecule has 0 radical (unpaired) electrons. The van der Waals surface area contributed by atoms with Crippen LogP contribution in [0.25, 0.3) is 0 Å². The molecule has 1 atom stereocenters. The maximum atomic E-state index is 12.7. The Hall–Kier alpha value is -1.60. The first kappa shape index (κ1) is 15.8. The van der Waals surface area contributed by atoms with Crippen molar-refractivity contribution in [1.82, 2.24) is 4.31 Å². The number of hydrogen-bond donors (Lipinski definition) is 0. The topological polar surface area (TPSA) is 66.8 Å². The number of sulfonamides is 1. The van der Waals surface area contributed by atoms with E-state index in [-0.39, 0.29) is 16.6 Å². The Labute approximate surface area is 128 Å². The van der Waals surface area contributed by atoms with Crippen molar-refractivity contribution in [3.05, 3.63) is 43.0 Å². The maximum absolute atomic E-state index is 12.7. The van der Waals surface area contributed by atoms with Crippen LogP contribution in [0, 0.1) is 0 Å². The van der Waals surface area contributed by atoms with E-state index >= 15 is 0 Å². The molecule has 2 rings (SSSR count). The van der Waals surface area contributed by atoms with E-state index in [4.69, 9.17) is 0 Å². The van der Waals surface area contributed by atoms with Gasteiger partial charge in [0.05, 0.1) is 16.7 Å². The van der Waals surface area contributed by atoms with Crippen LogP contribution in [0.4, 0.5) is 0 Å². The molecule has 1 saturated heterocycles. The van der Waals surface area contributed by atoms with Crippen molar-refractivity contribution in [3.63, 3.8) is 0 Å². The van der Waals surface area contributed by atoms with Gasteiger partial charge in [-0.2, -0.15) is 4.31 Å². The Morgan fingerprint density at radius 2 is 2.05 bits per heavy atom. The monoisotopic (exact) mass is 324 g/mol. The smallest absolute Gasteiger partial charge is 0.272 e. The molecule has 5 nitrogen and oxygen atoms in total. The number of carbonyl (C=O) groups is 1. The highest BCUT2D eigenvalue weighted by atomic mass is 32.2. The summed E-state index contributed by atoms with van der Waals surface area (Å²) in [4.78, 5) is 16.6. The number of benzene rings is 1. The number of thioether (sulfide) groups is 1. The fourth-order valence-corrected chi connectivity index (χ4v) is 4.66. The van der Waals surface area contributed by atoms with Crippen molar-refractivity contribution in [2.45, 2.75) is 23.5 Å². The van der Waals surface area contributed by atoms with E-state index in [9.17, 15) is 13.2 Å². The Bertz CT molecular complexity index is 669. The number of nitrogens with zero attached hydrogens (tertiary/aromatic N) is 2. The van der Waals surface area contributed by atoms with Crippen LogP contribution in [0.1, 0.15) is 13.3 Å². The standard InChI is InChI=1S/C14H16N2O3S2/c1-3-10-15-14-16(13(17)12(4-2)20-14)21(18,19)11-8-6-5-7-9-11/h3,5-9,12H,1,4,10H2,2H3/t12-/m1/s1. The number of carbonyl (C=O) groups excluding carboxylic acids is 1. The average Bonchev–Trinajstić information content (AvgIpc) is 2.82. The normalized spacial score (nSPS) is 21.0. The van der Waals surface area contributed by atoms with Gasteiger partial charge in [0.25, 0.3) is 15.9 Å². The molecule has 0 bridgehead atoms. The first-order valence-corrected chi connectivity index (χ1v) is 8.80. The van der Waals surface area contributed by atoms with Crippen molar-refractivity contribution in [2.75, 3.05) is 6.54 Å². The van der Waals surface area contributed by atoms with Gasteiger partial charge < -0.3 is 0 Å². The van der Waals surface area contributed by atoms with Crippen LogP contribution in [0.3, 0.4) is 0 Å². The van der Waals surface area contributed by atoms with Gasteiger partial charge in [-0.05, 0) is 18.6 Å². The van der Waals surface area contributed by atoms with Gasteiger partial charge in [0, 0.05) is 0 Å². The Balaban J connectivity index is 2.47. The highest BCUT2D eigenvalue weighted by molar-refractivity contribution is 8.17. The highest BCUT2D eigenvalue weighted by Gasteiger charge is 2.44.